The van der Waals surface area contributed by atoms with Crippen LogP contribution in [-0.2, 0) is 0 Å². The summed E-state index contributed by atoms with van der Waals surface area (Å²) in [5.41, 5.74) is 3.93. The first kappa shape index (κ1) is 12.3. The first-order chi connectivity index (χ1) is 8.11. The lowest BCUT2D eigenvalue weighted by Gasteiger charge is -2.02. The lowest BCUT2D eigenvalue weighted by molar-refractivity contribution is 0.101. The number of ketones is 1. The summed E-state index contributed by atoms with van der Waals surface area (Å²) in [6.07, 6.45) is 0. The fourth-order valence-electron chi connectivity index (χ4n) is 1.65. The zero-order valence-electron chi connectivity index (χ0n) is 9.66. The van der Waals surface area contributed by atoms with E-state index in [1.807, 2.05) is 19.1 Å². The van der Waals surface area contributed by atoms with Gasteiger partial charge in [-0.3, -0.25) is 4.79 Å². The van der Waals surface area contributed by atoms with Crippen molar-refractivity contribution < 1.29 is 4.79 Å². The van der Waals surface area contributed by atoms with Crippen LogP contribution in [0.3, 0.4) is 0 Å². The Morgan fingerprint density at radius 2 is 2.18 bits per heavy atom. The van der Waals surface area contributed by atoms with Crippen LogP contribution < -0.4 is 0 Å². The molecule has 0 atom stereocenters. The quantitative estimate of drug-likeness (QED) is 0.623. The molecule has 0 aliphatic heterocycles. The van der Waals surface area contributed by atoms with Gasteiger partial charge in [-0.15, -0.1) is 22.9 Å². The standard InChI is InChI=1S/C13H12ClNOS/c1-8-3-4-10(9(2)5-8)13-15-11(7-17-13)12(16)6-14/h3-5,7H,6H2,1-2H3. The van der Waals surface area contributed by atoms with Crippen molar-refractivity contribution in [2.75, 3.05) is 5.88 Å². The van der Waals surface area contributed by atoms with Crippen molar-refractivity contribution >= 4 is 28.7 Å². The predicted molar refractivity (Wildman–Crippen MR) is 72.1 cm³/mol. The van der Waals surface area contributed by atoms with Gasteiger partial charge < -0.3 is 0 Å². The molecule has 0 aliphatic carbocycles. The summed E-state index contributed by atoms with van der Waals surface area (Å²) >= 11 is 6.98. The molecule has 88 valence electrons. The summed E-state index contributed by atoms with van der Waals surface area (Å²) in [7, 11) is 0. The molecule has 2 rings (SSSR count). The second-order valence-electron chi connectivity index (χ2n) is 3.91. The Morgan fingerprint density at radius 3 is 2.82 bits per heavy atom. The van der Waals surface area contributed by atoms with E-state index in [1.165, 1.54) is 22.5 Å². The molecule has 1 aromatic carbocycles. The minimum absolute atomic E-state index is 0.0178. The van der Waals surface area contributed by atoms with E-state index in [1.54, 1.807) is 5.38 Å². The smallest absolute Gasteiger partial charge is 0.196 e. The van der Waals surface area contributed by atoms with Crippen molar-refractivity contribution in [2.45, 2.75) is 13.8 Å². The molecule has 0 N–H and O–H groups in total. The molecule has 4 heteroatoms. The molecule has 0 bridgehead atoms. The van der Waals surface area contributed by atoms with Gasteiger partial charge in [0.1, 0.15) is 10.7 Å². The van der Waals surface area contributed by atoms with Gasteiger partial charge in [-0.25, -0.2) is 4.98 Å². The minimum Gasteiger partial charge on any atom is -0.291 e. The molecule has 17 heavy (non-hydrogen) atoms. The number of hydrogen-bond acceptors (Lipinski definition) is 3. The number of carbonyl (C=O) groups is 1. The number of thiazole rings is 1. The molecule has 0 unspecified atom stereocenters. The number of aryl methyl sites for hydroxylation is 2. The van der Waals surface area contributed by atoms with Gasteiger partial charge in [0.25, 0.3) is 0 Å². The van der Waals surface area contributed by atoms with Crippen LogP contribution >= 0.6 is 22.9 Å². The number of rotatable bonds is 3. The topological polar surface area (TPSA) is 30.0 Å². The van der Waals surface area contributed by atoms with E-state index in [0.717, 1.165) is 10.6 Å². The lowest BCUT2D eigenvalue weighted by atomic mass is 10.1. The minimum atomic E-state index is -0.126. The van der Waals surface area contributed by atoms with Crippen LogP contribution in [0.25, 0.3) is 10.6 Å². The predicted octanol–water partition coefficient (Wildman–Crippen LogP) is 3.85. The largest absolute Gasteiger partial charge is 0.291 e. The van der Waals surface area contributed by atoms with Crippen LogP contribution in [0.15, 0.2) is 23.6 Å². The molecule has 0 spiro atoms. The van der Waals surface area contributed by atoms with E-state index in [0.29, 0.717) is 5.69 Å². The zero-order valence-corrected chi connectivity index (χ0v) is 11.2. The molecule has 2 nitrogen and oxygen atoms in total. The number of nitrogens with zero attached hydrogens (tertiary/aromatic N) is 1. The second kappa shape index (κ2) is 4.98. The van der Waals surface area contributed by atoms with E-state index in [4.69, 9.17) is 11.6 Å². The molecule has 1 heterocycles. The van der Waals surface area contributed by atoms with Crippen molar-refractivity contribution in [1.82, 2.24) is 4.98 Å². The SMILES string of the molecule is Cc1ccc(-c2nc(C(=O)CCl)cs2)c(C)c1. The third-order valence-corrected chi connectivity index (χ3v) is 3.64. The molecule has 0 radical (unpaired) electrons. The summed E-state index contributed by atoms with van der Waals surface area (Å²) in [5, 5.41) is 2.63. The Kier molecular flexibility index (Phi) is 3.60. The van der Waals surface area contributed by atoms with E-state index < -0.39 is 0 Å². The maximum absolute atomic E-state index is 11.4. The van der Waals surface area contributed by atoms with Crippen molar-refractivity contribution in [3.63, 3.8) is 0 Å². The number of carbonyl (C=O) groups excluding carboxylic acids is 1. The Morgan fingerprint density at radius 1 is 1.41 bits per heavy atom. The number of Topliss-reactive ketones (excluding diaryl/α,β-unsaturated/α-hetero) is 1. The van der Waals surface area contributed by atoms with Crippen molar-refractivity contribution in [1.29, 1.82) is 0 Å². The zero-order chi connectivity index (χ0) is 12.4. The third kappa shape index (κ3) is 2.56. The number of halogens is 1. The Balaban J connectivity index is 2.40. The maximum atomic E-state index is 11.4. The third-order valence-electron chi connectivity index (χ3n) is 2.52. The first-order valence-electron chi connectivity index (χ1n) is 5.24. The van der Waals surface area contributed by atoms with Crippen molar-refractivity contribution in [2.24, 2.45) is 0 Å². The highest BCUT2D eigenvalue weighted by atomic mass is 35.5. The van der Waals surface area contributed by atoms with Gasteiger partial charge in [0.05, 0.1) is 5.88 Å². The first-order valence-corrected chi connectivity index (χ1v) is 6.65. The van der Waals surface area contributed by atoms with E-state index in [9.17, 15) is 4.79 Å². The lowest BCUT2D eigenvalue weighted by Crippen LogP contribution is -2.00. The van der Waals surface area contributed by atoms with E-state index in [-0.39, 0.29) is 11.7 Å². The molecular weight excluding hydrogens is 254 g/mol. The highest BCUT2D eigenvalue weighted by Crippen LogP contribution is 2.27. The van der Waals surface area contributed by atoms with Gasteiger partial charge in [0, 0.05) is 10.9 Å². The number of hydrogen-bond donors (Lipinski definition) is 0. The fraction of sp³-hybridized carbons (Fsp3) is 0.231. The number of aromatic nitrogens is 1. The van der Waals surface area contributed by atoms with E-state index in [2.05, 4.69) is 18.0 Å². The van der Waals surface area contributed by atoms with Crippen molar-refractivity contribution in [3.8, 4) is 10.6 Å². The Bertz CT molecular complexity index is 562. The van der Waals surface area contributed by atoms with Crippen LogP contribution in [0.4, 0.5) is 0 Å². The molecule has 0 amide bonds. The van der Waals surface area contributed by atoms with Gasteiger partial charge in [0.15, 0.2) is 5.78 Å². The molecule has 1 aromatic heterocycles. The summed E-state index contributed by atoms with van der Waals surface area (Å²) in [4.78, 5) is 15.7. The van der Waals surface area contributed by atoms with Crippen LogP contribution in [0, 0.1) is 13.8 Å². The van der Waals surface area contributed by atoms with Gasteiger partial charge in [-0.2, -0.15) is 0 Å². The molecule has 0 fully saturated rings. The van der Waals surface area contributed by atoms with Crippen LogP contribution in [0.5, 0.6) is 0 Å². The maximum Gasteiger partial charge on any atom is 0.196 e. The Hall–Kier alpha value is -1.19. The highest BCUT2D eigenvalue weighted by Gasteiger charge is 2.11. The summed E-state index contributed by atoms with van der Waals surface area (Å²) in [6.45, 7) is 4.11. The van der Waals surface area contributed by atoms with Crippen LogP contribution in [-0.4, -0.2) is 16.6 Å². The van der Waals surface area contributed by atoms with Crippen LogP contribution in [0.2, 0.25) is 0 Å². The fourth-order valence-corrected chi connectivity index (χ4v) is 2.70. The van der Waals surface area contributed by atoms with Gasteiger partial charge in [-0.05, 0) is 19.4 Å². The number of alkyl halides is 1. The summed E-state index contributed by atoms with van der Waals surface area (Å²) < 4.78 is 0. The second-order valence-corrected chi connectivity index (χ2v) is 5.04. The average molecular weight is 266 g/mol. The van der Waals surface area contributed by atoms with Gasteiger partial charge >= 0.3 is 0 Å². The van der Waals surface area contributed by atoms with Gasteiger partial charge in [0.2, 0.25) is 0 Å². The molecule has 2 aromatic rings. The summed E-state index contributed by atoms with van der Waals surface area (Å²) in [5.74, 6) is -0.144. The highest BCUT2D eigenvalue weighted by molar-refractivity contribution is 7.13. The molecular formula is C13H12ClNOS. The average Bonchev–Trinajstić information content (AvgIpc) is 2.77. The van der Waals surface area contributed by atoms with Gasteiger partial charge in [-0.1, -0.05) is 23.8 Å². The van der Waals surface area contributed by atoms with E-state index >= 15 is 0 Å². The summed E-state index contributed by atoms with van der Waals surface area (Å²) in [6, 6.07) is 6.20. The molecule has 0 aliphatic rings. The Labute approximate surface area is 109 Å². The number of benzene rings is 1. The van der Waals surface area contributed by atoms with Crippen molar-refractivity contribution in [3.05, 3.63) is 40.4 Å². The normalized spacial score (nSPS) is 10.5. The molecule has 0 saturated heterocycles. The van der Waals surface area contributed by atoms with Crippen LogP contribution in [0.1, 0.15) is 21.6 Å². The molecule has 0 saturated carbocycles. The monoisotopic (exact) mass is 265 g/mol.